The molecule has 11 heteroatoms. The van der Waals surface area contributed by atoms with Crippen molar-refractivity contribution in [2.24, 2.45) is 0 Å². The summed E-state index contributed by atoms with van der Waals surface area (Å²) in [7, 11) is 1.54. The van der Waals surface area contributed by atoms with E-state index in [0.717, 1.165) is 16.9 Å². The molecular weight excluding hydrogens is 522 g/mol. The van der Waals surface area contributed by atoms with Gasteiger partial charge in [0.05, 0.1) is 41.7 Å². The zero-order chi connectivity index (χ0) is 29.3. The second kappa shape index (κ2) is 11.1. The molecule has 0 aromatic carbocycles. The summed E-state index contributed by atoms with van der Waals surface area (Å²) in [6, 6.07) is 11.3. The lowest BCUT2D eigenvalue weighted by atomic mass is 10.0. The molecule has 0 aliphatic carbocycles. The highest BCUT2D eigenvalue weighted by Gasteiger charge is 2.34. The van der Waals surface area contributed by atoms with Gasteiger partial charge in [0.15, 0.2) is 0 Å². The average molecular weight is 556 g/mol. The fourth-order valence-corrected chi connectivity index (χ4v) is 5.16. The first-order valence-electron chi connectivity index (χ1n) is 13.4. The van der Waals surface area contributed by atoms with Crippen LogP contribution in [0.2, 0.25) is 0 Å². The zero-order valence-electron chi connectivity index (χ0n) is 23.8. The Bertz CT molecular complexity index is 1570. The molecule has 1 amide bonds. The van der Waals surface area contributed by atoms with E-state index in [9.17, 15) is 15.2 Å². The summed E-state index contributed by atoms with van der Waals surface area (Å²) >= 11 is 0. The van der Waals surface area contributed by atoms with Gasteiger partial charge in [-0.05, 0) is 52.0 Å². The minimum Gasteiger partial charge on any atom is -0.489 e. The van der Waals surface area contributed by atoms with Crippen LogP contribution < -0.4 is 14.4 Å². The summed E-state index contributed by atoms with van der Waals surface area (Å²) in [5.41, 5.74) is 2.16. The van der Waals surface area contributed by atoms with Gasteiger partial charge >= 0.3 is 0 Å². The Balaban J connectivity index is 1.37. The molecule has 1 saturated heterocycles. The van der Waals surface area contributed by atoms with E-state index in [4.69, 9.17) is 14.5 Å². The molecule has 0 spiro atoms. The number of nitriles is 1. The van der Waals surface area contributed by atoms with Crippen LogP contribution in [0.1, 0.15) is 43.6 Å². The van der Waals surface area contributed by atoms with E-state index >= 15 is 0 Å². The highest BCUT2D eigenvalue weighted by Crippen LogP contribution is 2.32. The number of carbonyl (C=O) groups excluding carboxylic acids is 1. The van der Waals surface area contributed by atoms with Crippen molar-refractivity contribution in [3.63, 3.8) is 0 Å². The maximum atomic E-state index is 13.3. The van der Waals surface area contributed by atoms with Gasteiger partial charge in [-0.25, -0.2) is 14.5 Å². The summed E-state index contributed by atoms with van der Waals surface area (Å²) in [4.78, 5) is 26.3. The number of hydrogen-bond acceptors (Lipinski definition) is 9. The highest BCUT2D eigenvalue weighted by atomic mass is 16.5. The highest BCUT2D eigenvalue weighted by molar-refractivity contribution is 5.94. The third-order valence-corrected chi connectivity index (χ3v) is 7.03. The summed E-state index contributed by atoms with van der Waals surface area (Å²) < 4.78 is 12.6. The molecule has 41 heavy (non-hydrogen) atoms. The second-order valence-electron chi connectivity index (χ2n) is 11.0. The number of carbonyl (C=O) groups is 1. The fourth-order valence-electron chi connectivity index (χ4n) is 5.16. The van der Waals surface area contributed by atoms with E-state index in [1.807, 2.05) is 36.9 Å². The summed E-state index contributed by atoms with van der Waals surface area (Å²) in [5, 5.41) is 24.1. The van der Waals surface area contributed by atoms with Crippen molar-refractivity contribution in [2.75, 3.05) is 31.7 Å². The first-order chi connectivity index (χ1) is 19.6. The standard InChI is InChI=1S/C30H33N7O4/c1-19-15-35(16-20(2)37(19)29(38)22-7-9-27(40-5)33-13-22)26-8-6-21(12-32-26)25-10-24(41-18-30(3,4)39)17-36-28(25)23(11-31)14-34-36/h6-10,12-14,17,19-20,39H,15-16,18H2,1-5H3. The smallest absolute Gasteiger partial charge is 0.256 e. The minimum absolute atomic E-state index is 0.0518. The number of hydrogen-bond donors (Lipinski definition) is 1. The monoisotopic (exact) mass is 555 g/mol. The maximum absolute atomic E-state index is 13.3. The van der Waals surface area contributed by atoms with Crippen molar-refractivity contribution < 1.29 is 19.4 Å². The molecule has 0 radical (unpaired) electrons. The molecule has 1 N–H and O–H groups in total. The Kier molecular flexibility index (Phi) is 7.51. The van der Waals surface area contributed by atoms with Crippen molar-refractivity contribution in [2.45, 2.75) is 45.4 Å². The van der Waals surface area contributed by atoms with Gasteiger partial charge < -0.3 is 24.4 Å². The van der Waals surface area contributed by atoms with Crippen molar-refractivity contribution in [1.82, 2.24) is 24.5 Å². The molecule has 1 aliphatic heterocycles. The lowest BCUT2D eigenvalue weighted by Crippen LogP contribution is -2.59. The van der Waals surface area contributed by atoms with E-state index in [1.54, 1.807) is 56.2 Å². The van der Waals surface area contributed by atoms with Crippen LogP contribution in [0.3, 0.4) is 0 Å². The fraction of sp³-hybridized carbons (Fsp3) is 0.367. The van der Waals surface area contributed by atoms with E-state index in [0.29, 0.717) is 41.4 Å². The number of nitrogens with zero attached hydrogens (tertiary/aromatic N) is 7. The summed E-state index contributed by atoms with van der Waals surface area (Å²) in [5.74, 6) is 1.72. The van der Waals surface area contributed by atoms with Gasteiger partial charge in [0.2, 0.25) is 5.88 Å². The molecule has 1 aliphatic rings. The number of fused-ring (bicyclic) bond motifs is 1. The second-order valence-corrected chi connectivity index (χ2v) is 11.0. The predicted molar refractivity (Wildman–Crippen MR) is 153 cm³/mol. The lowest BCUT2D eigenvalue weighted by Gasteiger charge is -2.45. The largest absolute Gasteiger partial charge is 0.489 e. The van der Waals surface area contributed by atoms with Gasteiger partial charge in [-0.15, -0.1) is 0 Å². The van der Waals surface area contributed by atoms with Gasteiger partial charge in [-0.1, -0.05) is 0 Å². The van der Waals surface area contributed by atoms with Crippen LogP contribution in [0, 0.1) is 11.3 Å². The van der Waals surface area contributed by atoms with Crippen LogP contribution >= 0.6 is 0 Å². The van der Waals surface area contributed by atoms with Crippen LogP contribution in [0.4, 0.5) is 5.82 Å². The Morgan fingerprint density at radius 3 is 2.46 bits per heavy atom. The third-order valence-electron chi connectivity index (χ3n) is 7.03. The number of anilines is 1. The number of aromatic nitrogens is 4. The number of pyridine rings is 3. The minimum atomic E-state index is -1.01. The molecule has 4 aromatic heterocycles. The Morgan fingerprint density at radius 1 is 1.12 bits per heavy atom. The maximum Gasteiger partial charge on any atom is 0.256 e. The normalized spacial score (nSPS) is 17.4. The molecule has 2 atom stereocenters. The van der Waals surface area contributed by atoms with Crippen molar-refractivity contribution >= 4 is 17.2 Å². The summed E-state index contributed by atoms with van der Waals surface area (Å²) in [6.45, 7) is 8.75. The van der Waals surface area contributed by atoms with Gasteiger partial charge in [0.25, 0.3) is 5.91 Å². The number of rotatable bonds is 7. The average Bonchev–Trinajstić information content (AvgIpc) is 3.38. The van der Waals surface area contributed by atoms with Crippen LogP contribution in [-0.2, 0) is 0 Å². The Labute approximate surface area is 238 Å². The predicted octanol–water partition coefficient (Wildman–Crippen LogP) is 3.56. The van der Waals surface area contributed by atoms with Gasteiger partial charge in [-0.3, -0.25) is 4.79 Å². The van der Waals surface area contributed by atoms with E-state index in [-0.39, 0.29) is 24.6 Å². The first-order valence-corrected chi connectivity index (χ1v) is 13.4. The zero-order valence-corrected chi connectivity index (χ0v) is 23.8. The SMILES string of the molecule is COc1ccc(C(=O)N2C(C)CN(c3ccc(-c4cc(OCC(C)(C)O)cn5ncc(C#N)c45)cn3)CC2C)cn1. The van der Waals surface area contributed by atoms with E-state index < -0.39 is 5.60 Å². The molecular formula is C30H33N7O4. The number of ether oxygens (including phenoxy) is 2. The molecule has 212 valence electrons. The van der Waals surface area contributed by atoms with Crippen LogP contribution in [0.15, 0.2) is 55.1 Å². The molecule has 5 rings (SSSR count). The Hall–Kier alpha value is -4.69. The molecule has 1 fully saturated rings. The number of amides is 1. The van der Waals surface area contributed by atoms with E-state index in [2.05, 4.69) is 21.1 Å². The third kappa shape index (κ3) is 5.78. The first kappa shape index (κ1) is 27.9. The lowest BCUT2D eigenvalue weighted by molar-refractivity contribution is 0.0283. The van der Waals surface area contributed by atoms with Gasteiger partial charge in [0.1, 0.15) is 24.2 Å². The number of aliphatic hydroxyl groups is 1. The number of methoxy groups -OCH3 is 1. The number of piperazine rings is 1. The molecule has 0 saturated carbocycles. The van der Waals surface area contributed by atoms with Gasteiger partial charge in [-0.2, -0.15) is 10.4 Å². The van der Waals surface area contributed by atoms with Crippen LogP contribution in [0.5, 0.6) is 11.6 Å². The topological polar surface area (TPSA) is 129 Å². The molecule has 4 aromatic rings. The quantitative estimate of drug-likeness (QED) is 0.364. The van der Waals surface area contributed by atoms with Crippen molar-refractivity contribution in [3.05, 3.63) is 66.2 Å². The van der Waals surface area contributed by atoms with Crippen molar-refractivity contribution in [1.29, 1.82) is 5.26 Å². The van der Waals surface area contributed by atoms with Crippen LogP contribution in [0.25, 0.3) is 16.6 Å². The molecule has 11 nitrogen and oxygen atoms in total. The Morgan fingerprint density at radius 2 is 1.88 bits per heavy atom. The molecule has 2 unspecified atom stereocenters. The van der Waals surface area contributed by atoms with Crippen LogP contribution in [-0.4, -0.2) is 80.0 Å². The van der Waals surface area contributed by atoms with Gasteiger partial charge in [0, 0.05) is 54.8 Å². The summed E-state index contributed by atoms with van der Waals surface area (Å²) in [6.07, 6.45) is 6.53. The van der Waals surface area contributed by atoms with Crippen molar-refractivity contribution in [3.8, 4) is 28.8 Å². The van der Waals surface area contributed by atoms with E-state index in [1.165, 1.54) is 6.20 Å². The molecule has 5 heterocycles. The molecule has 0 bridgehead atoms.